The molecule has 33 heavy (non-hydrogen) atoms. The van der Waals surface area contributed by atoms with E-state index in [2.05, 4.69) is 0 Å². The molecule has 0 aromatic heterocycles. The Kier molecular flexibility index (Phi) is 6.40. The van der Waals surface area contributed by atoms with Crippen molar-refractivity contribution in [2.75, 3.05) is 7.11 Å². The molecular weight excluding hydrogens is 432 g/mol. The van der Waals surface area contributed by atoms with Gasteiger partial charge in [0.25, 0.3) is 0 Å². The first kappa shape index (κ1) is 24.1. The van der Waals surface area contributed by atoms with Gasteiger partial charge in [0.05, 0.1) is 24.4 Å². The summed E-state index contributed by atoms with van der Waals surface area (Å²) >= 11 is 0. The molecule has 1 aliphatic heterocycles. The third-order valence-corrected chi connectivity index (χ3v) is 5.60. The number of aliphatic hydroxyl groups excluding tert-OH is 2. The van der Waals surface area contributed by atoms with E-state index in [0.717, 1.165) is 7.11 Å². The minimum absolute atomic E-state index is 0.0544. The number of esters is 2. The molecule has 0 bridgehead atoms. The number of methoxy groups -OCH3 is 1. The molecule has 0 aliphatic carbocycles. The highest BCUT2D eigenvalue weighted by Crippen LogP contribution is 2.43. The zero-order chi connectivity index (χ0) is 24.6. The number of phenols is 2. The van der Waals surface area contributed by atoms with E-state index >= 15 is 0 Å². The lowest BCUT2D eigenvalue weighted by Crippen LogP contribution is -2.44. The maximum absolute atomic E-state index is 12.9. The lowest BCUT2D eigenvalue weighted by atomic mass is 9.82. The van der Waals surface area contributed by atoms with Gasteiger partial charge in [-0.15, -0.1) is 0 Å². The van der Waals surface area contributed by atoms with Crippen LogP contribution in [0.4, 0.5) is 0 Å². The highest BCUT2D eigenvalue weighted by Gasteiger charge is 2.55. The summed E-state index contributed by atoms with van der Waals surface area (Å²) in [5, 5.41) is 50.6. The number of ether oxygens (including phenoxy) is 2. The predicted molar refractivity (Wildman–Crippen MR) is 116 cm³/mol. The Bertz CT molecular complexity index is 1100. The molecule has 9 heteroatoms. The monoisotopic (exact) mass is 458 g/mol. The van der Waals surface area contributed by atoms with Crippen molar-refractivity contribution < 1.29 is 44.6 Å². The molecule has 9 nitrogen and oxygen atoms in total. The second kappa shape index (κ2) is 8.76. The fourth-order valence-electron chi connectivity index (χ4n) is 3.71. The number of aliphatic hydroxyl groups is 3. The molecule has 2 atom stereocenters. The van der Waals surface area contributed by atoms with E-state index in [0.29, 0.717) is 11.1 Å². The number of phenolic OH excluding ortho intramolecular Hbond substituents is 2. The maximum atomic E-state index is 12.9. The zero-order valence-electron chi connectivity index (χ0n) is 18.4. The smallest absolute Gasteiger partial charge is 0.375 e. The predicted octanol–water partition coefficient (Wildman–Crippen LogP) is 1.75. The van der Waals surface area contributed by atoms with Crippen molar-refractivity contribution in [3.05, 3.63) is 64.9 Å². The molecular formula is C24H26O9. The minimum Gasteiger partial charge on any atom is -0.508 e. The summed E-state index contributed by atoms with van der Waals surface area (Å²) in [4.78, 5) is 25.3. The third kappa shape index (κ3) is 4.64. The molecule has 3 rings (SSSR count). The molecule has 0 amide bonds. The van der Waals surface area contributed by atoms with E-state index < -0.39 is 35.0 Å². The van der Waals surface area contributed by atoms with Crippen LogP contribution in [-0.2, 0) is 31.9 Å². The second-order valence-corrected chi connectivity index (χ2v) is 8.49. The average Bonchev–Trinajstić information content (AvgIpc) is 3.00. The molecule has 0 saturated carbocycles. The van der Waals surface area contributed by atoms with Crippen LogP contribution < -0.4 is 0 Å². The summed E-state index contributed by atoms with van der Waals surface area (Å²) in [5.74, 6) is -2.99. The summed E-state index contributed by atoms with van der Waals surface area (Å²) < 4.78 is 10.3. The molecule has 0 unspecified atom stereocenters. The van der Waals surface area contributed by atoms with E-state index in [1.54, 1.807) is 0 Å². The molecule has 0 spiro atoms. The van der Waals surface area contributed by atoms with Crippen LogP contribution in [0.25, 0.3) is 5.57 Å². The standard InChI is InChI=1S/C24H26O9/c1-23(2,31)18(27)11-15-10-13(4-9-17(15)26)12-24(22(30)32-3)19(20(28)21(29)33-24)14-5-7-16(25)8-6-14/h4-10,18,25-28,31H,11-12H2,1-3H3/t18-,24-/m1/s1. The molecule has 176 valence electrons. The fraction of sp³-hybridized carbons (Fsp3) is 0.333. The Labute approximate surface area is 190 Å². The van der Waals surface area contributed by atoms with Gasteiger partial charge >= 0.3 is 11.9 Å². The Morgan fingerprint density at radius 2 is 1.76 bits per heavy atom. The topological polar surface area (TPSA) is 154 Å². The number of aromatic hydroxyl groups is 2. The highest BCUT2D eigenvalue weighted by atomic mass is 16.6. The average molecular weight is 458 g/mol. The van der Waals surface area contributed by atoms with Crippen molar-refractivity contribution in [1.29, 1.82) is 0 Å². The number of carbonyl (C=O) groups is 2. The van der Waals surface area contributed by atoms with Crippen molar-refractivity contribution in [2.24, 2.45) is 0 Å². The number of rotatable bonds is 7. The van der Waals surface area contributed by atoms with E-state index in [1.165, 1.54) is 56.3 Å². The zero-order valence-corrected chi connectivity index (χ0v) is 18.4. The molecule has 0 saturated heterocycles. The largest absolute Gasteiger partial charge is 0.508 e. The first-order chi connectivity index (χ1) is 15.4. The lowest BCUT2D eigenvalue weighted by Gasteiger charge is -2.28. The van der Waals surface area contributed by atoms with Crippen LogP contribution in [0.1, 0.15) is 30.5 Å². The van der Waals surface area contributed by atoms with Gasteiger partial charge in [0.15, 0.2) is 0 Å². The van der Waals surface area contributed by atoms with Gasteiger partial charge in [-0.3, -0.25) is 0 Å². The quantitative estimate of drug-likeness (QED) is 0.390. The second-order valence-electron chi connectivity index (χ2n) is 8.49. The summed E-state index contributed by atoms with van der Waals surface area (Å²) in [5.41, 5.74) is -2.59. The van der Waals surface area contributed by atoms with E-state index in [4.69, 9.17) is 9.47 Å². The van der Waals surface area contributed by atoms with Gasteiger partial charge in [-0.25, -0.2) is 9.59 Å². The molecule has 1 aliphatic rings. The summed E-state index contributed by atoms with van der Waals surface area (Å²) in [6.45, 7) is 2.86. The summed E-state index contributed by atoms with van der Waals surface area (Å²) in [7, 11) is 1.11. The van der Waals surface area contributed by atoms with Gasteiger partial charge in [-0.2, -0.15) is 0 Å². The van der Waals surface area contributed by atoms with Gasteiger partial charge in [0.2, 0.25) is 11.4 Å². The van der Waals surface area contributed by atoms with Gasteiger partial charge in [-0.1, -0.05) is 24.3 Å². The lowest BCUT2D eigenvalue weighted by molar-refractivity contribution is -0.169. The van der Waals surface area contributed by atoms with Crippen LogP contribution in [0.15, 0.2) is 48.2 Å². The number of hydrogen-bond donors (Lipinski definition) is 5. The maximum Gasteiger partial charge on any atom is 0.375 e. The van der Waals surface area contributed by atoms with E-state index in [9.17, 15) is 35.1 Å². The Morgan fingerprint density at radius 3 is 2.33 bits per heavy atom. The fourth-order valence-corrected chi connectivity index (χ4v) is 3.71. The molecule has 5 N–H and O–H groups in total. The number of hydrogen-bond acceptors (Lipinski definition) is 9. The van der Waals surface area contributed by atoms with Crippen molar-refractivity contribution in [2.45, 2.75) is 44.0 Å². The van der Waals surface area contributed by atoms with Gasteiger partial charge < -0.3 is 35.0 Å². The van der Waals surface area contributed by atoms with Gasteiger partial charge in [0.1, 0.15) is 11.5 Å². The van der Waals surface area contributed by atoms with Crippen LogP contribution >= 0.6 is 0 Å². The molecule has 0 radical (unpaired) electrons. The third-order valence-electron chi connectivity index (χ3n) is 5.60. The molecule has 2 aromatic rings. The number of carbonyl (C=O) groups excluding carboxylic acids is 2. The van der Waals surface area contributed by atoms with Crippen molar-refractivity contribution >= 4 is 17.5 Å². The SMILES string of the molecule is COC(=O)[C@]1(Cc2ccc(O)c(C[C@@H](O)C(C)(C)O)c2)OC(=O)C(O)=C1c1ccc(O)cc1. The van der Waals surface area contributed by atoms with Gasteiger partial charge in [0, 0.05) is 12.8 Å². The first-order valence-corrected chi connectivity index (χ1v) is 10.1. The van der Waals surface area contributed by atoms with Crippen LogP contribution in [-0.4, -0.2) is 61.9 Å². The molecule has 2 aromatic carbocycles. The first-order valence-electron chi connectivity index (χ1n) is 10.1. The van der Waals surface area contributed by atoms with Crippen LogP contribution in [0, 0.1) is 0 Å². The number of benzene rings is 2. The summed E-state index contributed by atoms with van der Waals surface area (Å²) in [6, 6.07) is 9.86. The molecule has 1 heterocycles. The Balaban J connectivity index is 2.08. The van der Waals surface area contributed by atoms with Crippen LogP contribution in [0.5, 0.6) is 11.5 Å². The molecule has 0 fully saturated rings. The van der Waals surface area contributed by atoms with Crippen LogP contribution in [0.2, 0.25) is 0 Å². The normalized spacial score (nSPS) is 19.4. The Hall–Kier alpha value is -3.56. The highest BCUT2D eigenvalue weighted by molar-refractivity contribution is 6.11. The minimum atomic E-state index is -2.03. The Morgan fingerprint density at radius 1 is 1.12 bits per heavy atom. The van der Waals surface area contributed by atoms with E-state index in [-0.39, 0.29) is 35.5 Å². The van der Waals surface area contributed by atoms with Gasteiger partial charge in [-0.05, 0) is 48.7 Å². The van der Waals surface area contributed by atoms with Crippen molar-refractivity contribution in [3.8, 4) is 11.5 Å². The number of cyclic esters (lactones) is 1. The summed E-state index contributed by atoms with van der Waals surface area (Å²) in [6.07, 6.45) is -1.52. The van der Waals surface area contributed by atoms with Crippen LogP contribution in [0.3, 0.4) is 0 Å². The van der Waals surface area contributed by atoms with Crippen molar-refractivity contribution in [3.63, 3.8) is 0 Å². The van der Waals surface area contributed by atoms with E-state index in [1.807, 2.05) is 0 Å². The van der Waals surface area contributed by atoms with Crippen molar-refractivity contribution in [1.82, 2.24) is 0 Å².